The number of rotatable bonds is 7. The lowest BCUT2D eigenvalue weighted by atomic mass is 10.1. The van der Waals surface area contributed by atoms with E-state index in [9.17, 15) is 9.59 Å². The molecule has 0 radical (unpaired) electrons. The van der Waals surface area contributed by atoms with Crippen LogP contribution in [0.25, 0.3) is 6.08 Å². The summed E-state index contributed by atoms with van der Waals surface area (Å²) in [4.78, 5) is 23.3. The minimum atomic E-state index is -0.283. The number of nitrogens with one attached hydrogen (secondary N) is 2. The average molecular weight is 290 g/mol. The maximum Gasteiger partial charge on any atom is 0.267 e. The molecule has 0 heterocycles. The topological polar surface area (TPSA) is 67.4 Å². The van der Waals surface area contributed by atoms with Gasteiger partial charge in [0.1, 0.15) is 11.4 Å². The van der Waals surface area contributed by atoms with Gasteiger partial charge in [0.15, 0.2) is 0 Å². The third-order valence-corrected chi connectivity index (χ3v) is 2.80. The normalized spacial score (nSPS) is 10.9. The molecular formula is C16H22N2O3. The van der Waals surface area contributed by atoms with Crippen LogP contribution in [0, 0.1) is 0 Å². The molecule has 0 atom stereocenters. The van der Waals surface area contributed by atoms with Crippen molar-refractivity contribution in [1.29, 1.82) is 0 Å². The van der Waals surface area contributed by atoms with Gasteiger partial charge in [0.2, 0.25) is 5.91 Å². The molecule has 0 unspecified atom stereocenters. The molecule has 0 aromatic heterocycles. The Bertz CT molecular complexity index is 507. The molecule has 1 aromatic carbocycles. The van der Waals surface area contributed by atoms with Gasteiger partial charge in [-0.25, -0.2) is 0 Å². The van der Waals surface area contributed by atoms with Gasteiger partial charge in [0.25, 0.3) is 5.91 Å². The highest BCUT2D eigenvalue weighted by atomic mass is 16.5. The Morgan fingerprint density at radius 2 is 1.90 bits per heavy atom. The molecule has 0 saturated heterocycles. The van der Waals surface area contributed by atoms with Crippen molar-refractivity contribution in [3.8, 4) is 5.75 Å². The first-order valence-electron chi connectivity index (χ1n) is 6.98. The Morgan fingerprint density at radius 1 is 1.24 bits per heavy atom. The Morgan fingerprint density at radius 3 is 2.43 bits per heavy atom. The van der Waals surface area contributed by atoms with E-state index in [0.29, 0.717) is 6.54 Å². The molecule has 5 nitrogen and oxygen atoms in total. The van der Waals surface area contributed by atoms with Crippen molar-refractivity contribution in [3.63, 3.8) is 0 Å². The van der Waals surface area contributed by atoms with Crippen LogP contribution >= 0.6 is 0 Å². The first-order valence-corrected chi connectivity index (χ1v) is 6.98. The summed E-state index contributed by atoms with van der Waals surface area (Å²) < 4.78 is 5.08. The van der Waals surface area contributed by atoms with Gasteiger partial charge >= 0.3 is 0 Å². The highest BCUT2D eigenvalue weighted by Crippen LogP contribution is 2.13. The highest BCUT2D eigenvalue weighted by Gasteiger charge is 2.10. The average Bonchev–Trinajstić information content (AvgIpc) is 2.47. The van der Waals surface area contributed by atoms with Crippen LogP contribution in [0.15, 0.2) is 30.0 Å². The van der Waals surface area contributed by atoms with Crippen LogP contribution in [0.2, 0.25) is 0 Å². The van der Waals surface area contributed by atoms with Crippen molar-refractivity contribution in [2.75, 3.05) is 13.7 Å². The van der Waals surface area contributed by atoms with Gasteiger partial charge in [-0.3, -0.25) is 9.59 Å². The summed E-state index contributed by atoms with van der Waals surface area (Å²) in [6.45, 7) is 4.02. The third kappa shape index (κ3) is 6.12. The molecule has 0 spiro atoms. The maximum atomic E-state index is 12.1. The monoisotopic (exact) mass is 290 g/mol. The maximum absolute atomic E-state index is 12.1. The number of unbranched alkanes of at least 4 members (excludes halogenated alkanes) is 1. The van der Waals surface area contributed by atoms with Crippen molar-refractivity contribution < 1.29 is 14.3 Å². The number of hydrogen-bond acceptors (Lipinski definition) is 3. The van der Waals surface area contributed by atoms with E-state index in [1.54, 1.807) is 25.3 Å². The Hall–Kier alpha value is -2.30. The molecule has 1 rings (SSSR count). The summed E-state index contributed by atoms with van der Waals surface area (Å²) >= 11 is 0. The molecule has 0 bridgehead atoms. The van der Waals surface area contributed by atoms with E-state index >= 15 is 0 Å². The number of amides is 2. The summed E-state index contributed by atoms with van der Waals surface area (Å²) in [7, 11) is 1.59. The van der Waals surface area contributed by atoms with E-state index in [1.165, 1.54) is 6.92 Å². The molecule has 2 N–H and O–H groups in total. The Kier molecular flexibility index (Phi) is 7.01. The van der Waals surface area contributed by atoms with Crippen LogP contribution < -0.4 is 15.4 Å². The largest absolute Gasteiger partial charge is 0.497 e. The van der Waals surface area contributed by atoms with Crippen molar-refractivity contribution >= 4 is 17.9 Å². The molecule has 0 fully saturated rings. The first-order chi connectivity index (χ1) is 10.1. The number of hydrogen-bond donors (Lipinski definition) is 2. The zero-order valence-corrected chi connectivity index (χ0v) is 12.7. The number of methoxy groups -OCH3 is 1. The molecule has 114 valence electrons. The number of carbonyl (C=O) groups excluding carboxylic acids is 2. The van der Waals surface area contributed by atoms with Crippen molar-refractivity contribution in [3.05, 3.63) is 35.5 Å². The van der Waals surface area contributed by atoms with Gasteiger partial charge in [0, 0.05) is 13.5 Å². The quantitative estimate of drug-likeness (QED) is 0.597. The number of carbonyl (C=O) groups is 2. The van der Waals surface area contributed by atoms with E-state index in [-0.39, 0.29) is 17.5 Å². The smallest absolute Gasteiger partial charge is 0.267 e. The Balaban J connectivity index is 2.86. The Labute approximate surface area is 125 Å². The zero-order valence-electron chi connectivity index (χ0n) is 12.7. The van der Waals surface area contributed by atoms with Gasteiger partial charge in [0.05, 0.1) is 7.11 Å². The molecule has 5 heteroatoms. The van der Waals surface area contributed by atoms with Gasteiger partial charge in [-0.2, -0.15) is 0 Å². The summed E-state index contributed by atoms with van der Waals surface area (Å²) in [6.07, 6.45) is 3.54. The van der Waals surface area contributed by atoms with Crippen LogP contribution in [0.1, 0.15) is 32.3 Å². The van der Waals surface area contributed by atoms with Crippen LogP contribution in [0.4, 0.5) is 0 Å². The molecule has 21 heavy (non-hydrogen) atoms. The van der Waals surface area contributed by atoms with Crippen molar-refractivity contribution in [2.45, 2.75) is 26.7 Å². The minimum Gasteiger partial charge on any atom is -0.497 e. The SMILES string of the molecule is CCCCNC(=O)/C(=C/c1ccc(OC)cc1)NC(C)=O. The predicted molar refractivity (Wildman–Crippen MR) is 82.7 cm³/mol. The molecule has 1 aromatic rings. The van der Waals surface area contributed by atoms with E-state index in [2.05, 4.69) is 10.6 Å². The van der Waals surface area contributed by atoms with E-state index < -0.39 is 0 Å². The zero-order chi connectivity index (χ0) is 15.7. The standard InChI is InChI=1S/C16H22N2O3/c1-4-5-10-17-16(20)15(18-12(2)19)11-13-6-8-14(21-3)9-7-13/h6-9,11H,4-5,10H2,1-3H3,(H,17,20)(H,18,19)/b15-11-. The van der Waals surface area contributed by atoms with E-state index in [0.717, 1.165) is 24.2 Å². The molecule has 0 aliphatic rings. The lowest BCUT2D eigenvalue weighted by Crippen LogP contribution is -2.34. The van der Waals surface area contributed by atoms with Crippen molar-refractivity contribution in [2.24, 2.45) is 0 Å². The third-order valence-electron chi connectivity index (χ3n) is 2.80. The van der Waals surface area contributed by atoms with Gasteiger partial charge in [-0.05, 0) is 30.2 Å². The van der Waals surface area contributed by atoms with E-state index in [4.69, 9.17) is 4.74 Å². The fourth-order valence-corrected chi connectivity index (χ4v) is 1.69. The summed E-state index contributed by atoms with van der Waals surface area (Å²) in [6, 6.07) is 7.23. The van der Waals surface area contributed by atoms with Gasteiger partial charge in [-0.15, -0.1) is 0 Å². The molecule has 0 aliphatic heterocycles. The summed E-state index contributed by atoms with van der Waals surface area (Å²) in [5.41, 5.74) is 1.05. The summed E-state index contributed by atoms with van der Waals surface area (Å²) in [5, 5.41) is 5.35. The molecule has 2 amide bonds. The van der Waals surface area contributed by atoms with E-state index in [1.807, 2.05) is 19.1 Å². The second-order valence-corrected chi connectivity index (χ2v) is 4.62. The molecule has 0 aliphatic carbocycles. The fourth-order valence-electron chi connectivity index (χ4n) is 1.69. The minimum absolute atomic E-state index is 0.240. The first kappa shape index (κ1) is 16.8. The van der Waals surface area contributed by atoms with Gasteiger partial charge in [-0.1, -0.05) is 25.5 Å². The van der Waals surface area contributed by atoms with Crippen LogP contribution in [-0.4, -0.2) is 25.5 Å². The van der Waals surface area contributed by atoms with Crippen LogP contribution in [0.5, 0.6) is 5.75 Å². The fraction of sp³-hybridized carbons (Fsp3) is 0.375. The summed E-state index contributed by atoms with van der Waals surface area (Å²) in [5.74, 6) is 0.176. The van der Waals surface area contributed by atoms with Crippen LogP contribution in [0.3, 0.4) is 0 Å². The predicted octanol–water partition coefficient (Wildman–Crippen LogP) is 2.09. The van der Waals surface area contributed by atoms with Gasteiger partial charge < -0.3 is 15.4 Å². The second kappa shape index (κ2) is 8.79. The molecule has 0 saturated carbocycles. The highest BCUT2D eigenvalue weighted by molar-refractivity contribution is 6.00. The van der Waals surface area contributed by atoms with Crippen LogP contribution in [-0.2, 0) is 9.59 Å². The number of benzene rings is 1. The van der Waals surface area contributed by atoms with Crippen molar-refractivity contribution in [1.82, 2.24) is 10.6 Å². The number of ether oxygens (including phenoxy) is 1. The lowest BCUT2D eigenvalue weighted by Gasteiger charge is -2.09. The second-order valence-electron chi connectivity index (χ2n) is 4.62. The lowest BCUT2D eigenvalue weighted by molar-refractivity contribution is -0.122. The molecular weight excluding hydrogens is 268 g/mol.